The summed E-state index contributed by atoms with van der Waals surface area (Å²) < 4.78 is 46.9. The minimum Gasteiger partial charge on any atom is -0.492 e. The quantitative estimate of drug-likeness (QED) is 0.363. The Labute approximate surface area is 193 Å². The SMILES string of the molecule is CCOC(Cc1ccc(OCCN(CCOCC(C)(F)F)C(=O)OCC(C)C)cc1)C(=O)O. The number of carbonyl (C=O) groups is 2. The van der Waals surface area contributed by atoms with Crippen LogP contribution in [-0.2, 0) is 25.4 Å². The van der Waals surface area contributed by atoms with Crippen molar-refractivity contribution in [1.82, 2.24) is 4.90 Å². The Morgan fingerprint density at radius 1 is 1.12 bits per heavy atom. The summed E-state index contributed by atoms with van der Waals surface area (Å²) in [5.41, 5.74) is 0.784. The molecule has 0 aromatic heterocycles. The van der Waals surface area contributed by atoms with E-state index in [-0.39, 0.29) is 45.2 Å². The van der Waals surface area contributed by atoms with Crippen molar-refractivity contribution in [3.8, 4) is 5.75 Å². The monoisotopic (exact) mass is 475 g/mol. The first-order valence-electron chi connectivity index (χ1n) is 10.9. The van der Waals surface area contributed by atoms with Crippen LogP contribution < -0.4 is 4.74 Å². The van der Waals surface area contributed by atoms with Gasteiger partial charge in [-0.25, -0.2) is 18.4 Å². The molecule has 1 atom stereocenters. The average Bonchev–Trinajstić information content (AvgIpc) is 2.73. The highest BCUT2D eigenvalue weighted by Crippen LogP contribution is 2.15. The molecule has 0 heterocycles. The zero-order valence-corrected chi connectivity index (χ0v) is 19.7. The van der Waals surface area contributed by atoms with E-state index in [0.717, 1.165) is 12.5 Å². The summed E-state index contributed by atoms with van der Waals surface area (Å²) in [5.74, 6) is -3.26. The fourth-order valence-corrected chi connectivity index (χ4v) is 2.68. The van der Waals surface area contributed by atoms with Gasteiger partial charge >= 0.3 is 12.1 Å². The smallest absolute Gasteiger partial charge is 0.409 e. The maximum absolute atomic E-state index is 12.9. The van der Waals surface area contributed by atoms with Crippen LogP contribution in [0.5, 0.6) is 5.75 Å². The van der Waals surface area contributed by atoms with Crippen molar-refractivity contribution in [3.05, 3.63) is 29.8 Å². The van der Waals surface area contributed by atoms with Gasteiger partial charge in [-0.15, -0.1) is 0 Å². The average molecular weight is 476 g/mol. The number of aliphatic carboxylic acids is 1. The number of amides is 1. The van der Waals surface area contributed by atoms with E-state index < -0.39 is 30.7 Å². The maximum atomic E-state index is 12.9. The summed E-state index contributed by atoms with van der Waals surface area (Å²) in [5, 5.41) is 9.18. The molecule has 1 amide bonds. The number of ether oxygens (including phenoxy) is 4. The number of carboxylic acids is 1. The van der Waals surface area contributed by atoms with Crippen LogP contribution in [-0.4, -0.2) is 80.2 Å². The standard InChI is InChI=1S/C23H35F2NO7/c1-5-31-20(21(27)28)14-18-6-8-19(9-7-18)32-13-11-26(22(29)33-15-17(2)3)10-12-30-16-23(4,24)25/h6-9,17,20H,5,10-16H2,1-4H3,(H,27,28). The van der Waals surface area contributed by atoms with E-state index in [9.17, 15) is 23.5 Å². The Bertz CT molecular complexity index is 708. The van der Waals surface area contributed by atoms with E-state index in [0.29, 0.717) is 12.4 Å². The molecule has 1 unspecified atom stereocenters. The van der Waals surface area contributed by atoms with Crippen molar-refractivity contribution in [1.29, 1.82) is 0 Å². The van der Waals surface area contributed by atoms with Crippen LogP contribution in [0.4, 0.5) is 13.6 Å². The van der Waals surface area contributed by atoms with Crippen molar-refractivity contribution < 1.29 is 42.4 Å². The van der Waals surface area contributed by atoms with Gasteiger partial charge in [0.15, 0.2) is 6.10 Å². The number of halogens is 2. The molecule has 33 heavy (non-hydrogen) atoms. The molecule has 1 rings (SSSR count). The van der Waals surface area contributed by atoms with Crippen molar-refractivity contribution in [2.45, 2.75) is 46.1 Å². The molecule has 0 aliphatic heterocycles. The Kier molecular flexibility index (Phi) is 12.7. The Morgan fingerprint density at radius 2 is 1.76 bits per heavy atom. The van der Waals surface area contributed by atoms with Crippen LogP contribution in [0, 0.1) is 5.92 Å². The van der Waals surface area contributed by atoms with Gasteiger partial charge in [-0.1, -0.05) is 26.0 Å². The molecule has 1 aromatic rings. The Hall–Kier alpha value is -2.46. The normalized spacial score (nSPS) is 12.5. The van der Waals surface area contributed by atoms with Crippen molar-refractivity contribution in [2.75, 3.05) is 46.1 Å². The number of hydrogen-bond donors (Lipinski definition) is 1. The summed E-state index contributed by atoms with van der Waals surface area (Å²) >= 11 is 0. The highest BCUT2D eigenvalue weighted by molar-refractivity contribution is 5.72. The fourth-order valence-electron chi connectivity index (χ4n) is 2.68. The lowest BCUT2D eigenvalue weighted by Gasteiger charge is -2.23. The van der Waals surface area contributed by atoms with Crippen molar-refractivity contribution in [3.63, 3.8) is 0 Å². The zero-order chi connectivity index (χ0) is 24.9. The van der Waals surface area contributed by atoms with E-state index >= 15 is 0 Å². The van der Waals surface area contributed by atoms with Crippen LogP contribution in [0.1, 0.15) is 33.3 Å². The highest BCUT2D eigenvalue weighted by atomic mass is 19.3. The molecule has 0 saturated heterocycles. The predicted octanol–water partition coefficient (Wildman–Crippen LogP) is 3.86. The lowest BCUT2D eigenvalue weighted by atomic mass is 10.1. The summed E-state index contributed by atoms with van der Waals surface area (Å²) in [6.07, 6.45) is -1.25. The molecule has 188 valence electrons. The number of carbonyl (C=O) groups excluding carboxylic acids is 1. The maximum Gasteiger partial charge on any atom is 0.409 e. The molecule has 0 aliphatic rings. The second-order valence-electron chi connectivity index (χ2n) is 8.06. The van der Waals surface area contributed by atoms with Gasteiger partial charge in [0.05, 0.1) is 19.8 Å². The molecule has 0 fully saturated rings. The van der Waals surface area contributed by atoms with Crippen molar-refractivity contribution in [2.24, 2.45) is 5.92 Å². The number of alkyl halides is 2. The zero-order valence-electron chi connectivity index (χ0n) is 19.7. The van der Waals surface area contributed by atoms with Gasteiger partial charge in [-0.05, 0) is 30.5 Å². The van der Waals surface area contributed by atoms with E-state index in [1.165, 1.54) is 4.90 Å². The lowest BCUT2D eigenvalue weighted by Crippen LogP contribution is -2.38. The molecule has 0 saturated carbocycles. The second kappa shape index (κ2) is 14.6. The first kappa shape index (κ1) is 28.6. The Balaban J connectivity index is 2.57. The number of hydrogen-bond acceptors (Lipinski definition) is 6. The number of nitrogens with zero attached hydrogens (tertiary/aromatic N) is 1. The topological polar surface area (TPSA) is 94.5 Å². The number of benzene rings is 1. The van der Waals surface area contributed by atoms with Gasteiger partial charge in [-0.2, -0.15) is 0 Å². The van der Waals surface area contributed by atoms with E-state index in [4.69, 9.17) is 18.9 Å². The summed E-state index contributed by atoms with van der Waals surface area (Å²) in [4.78, 5) is 24.9. The third kappa shape index (κ3) is 13.0. The van der Waals surface area contributed by atoms with Crippen LogP contribution in [0.2, 0.25) is 0 Å². The second-order valence-corrected chi connectivity index (χ2v) is 8.06. The third-order valence-electron chi connectivity index (χ3n) is 4.28. The molecule has 0 radical (unpaired) electrons. The minimum atomic E-state index is -2.94. The molecule has 1 aromatic carbocycles. The lowest BCUT2D eigenvalue weighted by molar-refractivity contribution is -0.149. The summed E-state index contributed by atoms with van der Waals surface area (Å²) in [6.45, 7) is 6.49. The molecule has 10 heteroatoms. The molecule has 8 nitrogen and oxygen atoms in total. The van der Waals surface area contributed by atoms with Gasteiger partial charge in [0.25, 0.3) is 5.92 Å². The van der Waals surface area contributed by atoms with E-state index in [1.54, 1.807) is 31.2 Å². The van der Waals surface area contributed by atoms with Gasteiger partial charge in [0.2, 0.25) is 0 Å². The van der Waals surface area contributed by atoms with Gasteiger partial charge in [0, 0.05) is 26.5 Å². The Morgan fingerprint density at radius 3 is 2.30 bits per heavy atom. The third-order valence-corrected chi connectivity index (χ3v) is 4.28. The van der Waals surface area contributed by atoms with Crippen LogP contribution in [0.15, 0.2) is 24.3 Å². The van der Waals surface area contributed by atoms with E-state index in [1.807, 2.05) is 13.8 Å². The first-order valence-corrected chi connectivity index (χ1v) is 10.9. The van der Waals surface area contributed by atoms with Crippen molar-refractivity contribution >= 4 is 12.1 Å². The largest absolute Gasteiger partial charge is 0.492 e. The van der Waals surface area contributed by atoms with Gasteiger partial charge < -0.3 is 29.0 Å². The molecule has 0 bridgehead atoms. The number of rotatable bonds is 16. The fraction of sp³-hybridized carbons (Fsp3) is 0.652. The molecule has 0 aliphatic carbocycles. The molecule has 1 N–H and O–H groups in total. The first-order chi connectivity index (χ1) is 15.5. The highest BCUT2D eigenvalue weighted by Gasteiger charge is 2.22. The summed E-state index contributed by atoms with van der Waals surface area (Å²) in [7, 11) is 0. The van der Waals surface area contributed by atoms with Crippen LogP contribution >= 0.6 is 0 Å². The van der Waals surface area contributed by atoms with Crippen LogP contribution in [0.25, 0.3) is 0 Å². The minimum absolute atomic E-state index is 0.0561. The number of carboxylic acid groups (broad SMARTS) is 1. The summed E-state index contributed by atoms with van der Waals surface area (Å²) in [6, 6.07) is 6.90. The van der Waals surface area contributed by atoms with E-state index in [2.05, 4.69) is 0 Å². The predicted molar refractivity (Wildman–Crippen MR) is 118 cm³/mol. The van der Waals surface area contributed by atoms with Crippen LogP contribution in [0.3, 0.4) is 0 Å². The molecular formula is C23H35F2NO7. The van der Waals surface area contributed by atoms with Gasteiger partial charge in [-0.3, -0.25) is 0 Å². The molecular weight excluding hydrogens is 440 g/mol. The van der Waals surface area contributed by atoms with Gasteiger partial charge in [0.1, 0.15) is 19.0 Å². The molecule has 0 spiro atoms.